The van der Waals surface area contributed by atoms with Gasteiger partial charge < -0.3 is 9.84 Å². The Bertz CT molecular complexity index is 837. The van der Waals surface area contributed by atoms with Crippen molar-refractivity contribution in [3.63, 3.8) is 0 Å². The van der Waals surface area contributed by atoms with Crippen molar-refractivity contribution in [3.8, 4) is 0 Å². The Morgan fingerprint density at radius 3 is 2.85 bits per heavy atom. The smallest absolute Gasteiger partial charge is 0.231 e. The van der Waals surface area contributed by atoms with Crippen LogP contribution in [0.3, 0.4) is 0 Å². The first-order chi connectivity index (χ1) is 13.0. The number of aromatic nitrogens is 2. The van der Waals surface area contributed by atoms with E-state index < -0.39 is 11.6 Å². The number of rotatable bonds is 5. The highest BCUT2D eigenvalue weighted by molar-refractivity contribution is 5.81. The van der Waals surface area contributed by atoms with E-state index in [2.05, 4.69) is 15.5 Å². The molecule has 1 saturated carbocycles. The van der Waals surface area contributed by atoms with E-state index in [0.717, 1.165) is 25.0 Å². The topological polar surface area (TPSA) is 71.3 Å². The number of nitrogens with zero attached hydrogens (tertiary/aromatic N) is 3. The van der Waals surface area contributed by atoms with E-state index in [-0.39, 0.29) is 30.3 Å². The van der Waals surface area contributed by atoms with Crippen LogP contribution in [-0.4, -0.2) is 40.1 Å². The lowest BCUT2D eigenvalue weighted by Crippen LogP contribution is -2.51. The number of piperidine rings is 1. The molecule has 144 valence electrons. The fourth-order valence-electron chi connectivity index (χ4n) is 3.62. The fraction of sp³-hybridized carbons (Fsp3) is 0.526. The number of amides is 1. The normalized spacial score (nSPS) is 23.4. The molecule has 1 aliphatic heterocycles. The summed E-state index contributed by atoms with van der Waals surface area (Å²) in [6.07, 6.45) is 2.52. The van der Waals surface area contributed by atoms with Gasteiger partial charge in [0.05, 0.1) is 12.0 Å². The van der Waals surface area contributed by atoms with Crippen molar-refractivity contribution in [2.24, 2.45) is 5.92 Å². The predicted molar refractivity (Wildman–Crippen MR) is 92.7 cm³/mol. The number of benzene rings is 1. The molecular formula is C19H22F2N4O2. The first-order valence-electron chi connectivity index (χ1n) is 9.26. The van der Waals surface area contributed by atoms with E-state index >= 15 is 0 Å². The number of carbonyl (C=O) groups excluding carboxylic acids is 1. The molecule has 1 aromatic carbocycles. The average molecular weight is 376 g/mol. The van der Waals surface area contributed by atoms with Crippen LogP contribution in [-0.2, 0) is 11.3 Å². The molecule has 4 rings (SSSR count). The number of nitrogens with one attached hydrogen (secondary N) is 1. The zero-order valence-corrected chi connectivity index (χ0v) is 15.1. The molecule has 1 saturated heterocycles. The first-order valence-corrected chi connectivity index (χ1v) is 9.26. The molecule has 2 aliphatic rings. The molecule has 2 aromatic rings. The van der Waals surface area contributed by atoms with Crippen molar-refractivity contribution >= 4 is 5.91 Å². The molecule has 6 nitrogen and oxygen atoms in total. The Hall–Kier alpha value is -2.35. The minimum atomic E-state index is -0.457. The van der Waals surface area contributed by atoms with Crippen LogP contribution in [0.15, 0.2) is 22.7 Å². The van der Waals surface area contributed by atoms with Gasteiger partial charge in [-0.15, -0.1) is 0 Å². The molecule has 2 atom stereocenters. The Kier molecular flexibility index (Phi) is 4.90. The molecule has 2 fully saturated rings. The Morgan fingerprint density at radius 2 is 2.15 bits per heavy atom. The van der Waals surface area contributed by atoms with Crippen LogP contribution in [0.25, 0.3) is 0 Å². The molecule has 8 heteroatoms. The summed E-state index contributed by atoms with van der Waals surface area (Å²) in [6, 6.07) is 3.27. The molecule has 0 unspecified atom stereocenters. The SMILES string of the molecule is Cc1noc([C@H]2CCN(Cc3cc(F)ccc3F)C[C@H]2NC(=O)C2CC2)n1. The van der Waals surface area contributed by atoms with E-state index in [1.54, 1.807) is 6.92 Å². The second-order valence-corrected chi connectivity index (χ2v) is 7.44. The number of carbonyl (C=O) groups is 1. The van der Waals surface area contributed by atoms with Gasteiger partial charge in [0.25, 0.3) is 0 Å². The summed E-state index contributed by atoms with van der Waals surface area (Å²) in [5, 5.41) is 6.96. The first kappa shape index (κ1) is 18.0. The Labute approximate surface area is 155 Å². The molecule has 2 heterocycles. The maximum absolute atomic E-state index is 14.0. The van der Waals surface area contributed by atoms with Crippen LogP contribution in [0.2, 0.25) is 0 Å². The molecule has 0 spiro atoms. The molecule has 0 bridgehead atoms. The van der Waals surface area contributed by atoms with Crippen molar-refractivity contribution in [3.05, 3.63) is 47.1 Å². The zero-order valence-electron chi connectivity index (χ0n) is 15.1. The summed E-state index contributed by atoms with van der Waals surface area (Å²) < 4.78 is 32.8. The second kappa shape index (κ2) is 7.34. The molecule has 1 amide bonds. The van der Waals surface area contributed by atoms with E-state index in [9.17, 15) is 13.6 Å². The standard InChI is InChI=1S/C19H22F2N4O2/c1-11-22-19(27-24-11)15-6-7-25(9-13-8-14(20)4-5-16(13)21)10-17(15)23-18(26)12-2-3-12/h4-5,8,12,15,17H,2-3,6-7,9-10H2,1H3,(H,23,26)/t15-,17+/m0/s1. The third kappa shape index (κ3) is 4.16. The summed E-state index contributed by atoms with van der Waals surface area (Å²) in [5.41, 5.74) is 0.314. The molecular weight excluding hydrogens is 354 g/mol. The predicted octanol–water partition coefficient (Wildman–Crippen LogP) is 2.54. The lowest BCUT2D eigenvalue weighted by molar-refractivity contribution is -0.123. The van der Waals surface area contributed by atoms with Gasteiger partial charge in [-0.05, 0) is 50.9 Å². The molecule has 1 aromatic heterocycles. The van der Waals surface area contributed by atoms with Crippen molar-refractivity contribution in [1.29, 1.82) is 0 Å². The van der Waals surface area contributed by atoms with E-state index in [1.165, 1.54) is 6.07 Å². The number of hydrogen-bond acceptors (Lipinski definition) is 5. The van der Waals surface area contributed by atoms with Gasteiger partial charge >= 0.3 is 0 Å². The van der Waals surface area contributed by atoms with Crippen molar-refractivity contribution in [2.75, 3.05) is 13.1 Å². The maximum atomic E-state index is 14.0. The van der Waals surface area contributed by atoms with Crippen molar-refractivity contribution in [2.45, 2.75) is 44.7 Å². The highest BCUT2D eigenvalue weighted by Crippen LogP contribution is 2.32. The van der Waals surface area contributed by atoms with Crippen molar-refractivity contribution < 1.29 is 18.1 Å². The van der Waals surface area contributed by atoms with Gasteiger partial charge in [-0.3, -0.25) is 9.69 Å². The summed E-state index contributed by atoms with van der Waals surface area (Å²) in [5.74, 6) is 0.242. The quantitative estimate of drug-likeness (QED) is 0.868. The van der Waals surface area contributed by atoms with Crippen LogP contribution in [0.1, 0.15) is 42.5 Å². The van der Waals surface area contributed by atoms with Gasteiger partial charge in [-0.2, -0.15) is 4.98 Å². The minimum absolute atomic E-state index is 0.0417. The van der Waals surface area contributed by atoms with Crippen LogP contribution < -0.4 is 5.32 Å². The van der Waals surface area contributed by atoms with Gasteiger partial charge in [0.15, 0.2) is 5.82 Å². The van der Waals surface area contributed by atoms with Gasteiger partial charge in [0.1, 0.15) is 11.6 Å². The van der Waals surface area contributed by atoms with Crippen molar-refractivity contribution in [1.82, 2.24) is 20.4 Å². The monoisotopic (exact) mass is 376 g/mol. The van der Waals surface area contributed by atoms with Gasteiger partial charge in [-0.25, -0.2) is 8.78 Å². The highest BCUT2D eigenvalue weighted by Gasteiger charge is 2.38. The number of halogens is 2. The van der Waals surface area contributed by atoms with Crippen LogP contribution in [0.5, 0.6) is 0 Å². The Morgan fingerprint density at radius 1 is 1.33 bits per heavy atom. The van der Waals surface area contributed by atoms with E-state index in [1.807, 2.05) is 4.90 Å². The number of aryl methyl sites for hydroxylation is 1. The largest absolute Gasteiger partial charge is 0.351 e. The number of hydrogen-bond donors (Lipinski definition) is 1. The third-order valence-corrected chi connectivity index (χ3v) is 5.23. The van der Waals surface area contributed by atoms with E-state index in [4.69, 9.17) is 4.52 Å². The van der Waals surface area contributed by atoms with Gasteiger partial charge in [-0.1, -0.05) is 5.16 Å². The Balaban J connectivity index is 1.50. The number of likely N-dealkylation sites (tertiary alicyclic amines) is 1. The molecule has 27 heavy (non-hydrogen) atoms. The zero-order chi connectivity index (χ0) is 19.0. The lowest BCUT2D eigenvalue weighted by Gasteiger charge is -2.37. The van der Waals surface area contributed by atoms with E-state index in [0.29, 0.717) is 36.8 Å². The van der Waals surface area contributed by atoms with Gasteiger partial charge in [0.2, 0.25) is 11.8 Å². The van der Waals surface area contributed by atoms with Gasteiger partial charge in [0, 0.05) is 24.6 Å². The summed E-state index contributed by atoms with van der Waals surface area (Å²) in [7, 11) is 0. The highest BCUT2D eigenvalue weighted by atomic mass is 19.1. The second-order valence-electron chi connectivity index (χ2n) is 7.44. The third-order valence-electron chi connectivity index (χ3n) is 5.23. The summed E-state index contributed by atoms with van der Waals surface area (Å²) in [6.45, 7) is 3.22. The molecule has 1 aliphatic carbocycles. The minimum Gasteiger partial charge on any atom is -0.351 e. The average Bonchev–Trinajstić information content (AvgIpc) is 3.40. The summed E-state index contributed by atoms with van der Waals surface area (Å²) in [4.78, 5) is 18.7. The maximum Gasteiger partial charge on any atom is 0.231 e. The van der Waals surface area contributed by atoms with Crippen LogP contribution >= 0.6 is 0 Å². The van der Waals surface area contributed by atoms with Crippen LogP contribution in [0.4, 0.5) is 8.78 Å². The lowest BCUT2D eigenvalue weighted by atomic mass is 9.90. The molecule has 0 radical (unpaired) electrons. The molecule has 1 N–H and O–H groups in total. The fourth-order valence-corrected chi connectivity index (χ4v) is 3.62. The summed E-state index contributed by atoms with van der Waals surface area (Å²) >= 11 is 0. The van der Waals surface area contributed by atoms with Crippen LogP contribution in [0, 0.1) is 24.5 Å².